The van der Waals surface area contributed by atoms with Crippen molar-refractivity contribution in [3.63, 3.8) is 0 Å². The van der Waals surface area contributed by atoms with Gasteiger partial charge in [0.15, 0.2) is 0 Å². The van der Waals surface area contributed by atoms with Gasteiger partial charge in [0.1, 0.15) is 6.04 Å². The van der Waals surface area contributed by atoms with E-state index in [1.54, 1.807) is 18.2 Å². The highest BCUT2D eigenvalue weighted by Gasteiger charge is 2.45. The highest BCUT2D eigenvalue weighted by atomic mass is 16.6. The minimum absolute atomic E-state index is 0.0177. The molecule has 1 aromatic rings. The maximum Gasteiger partial charge on any atom is 0.337 e. The molecule has 0 radical (unpaired) electrons. The first-order chi connectivity index (χ1) is 10.5. The maximum atomic E-state index is 12.1. The Hall–Kier alpha value is -2.76. The van der Waals surface area contributed by atoms with Crippen LogP contribution in [0.5, 0.6) is 0 Å². The van der Waals surface area contributed by atoms with Crippen molar-refractivity contribution in [1.82, 2.24) is 4.90 Å². The molecule has 0 aromatic heterocycles. The average molecular weight is 301 g/mol. The van der Waals surface area contributed by atoms with Crippen molar-refractivity contribution in [1.29, 1.82) is 0 Å². The predicted molar refractivity (Wildman–Crippen MR) is 76.9 cm³/mol. The van der Waals surface area contributed by atoms with Gasteiger partial charge in [-0.2, -0.15) is 0 Å². The van der Waals surface area contributed by atoms with E-state index in [0.29, 0.717) is 0 Å². The second-order valence-electron chi connectivity index (χ2n) is 4.78. The standard InChI is InChI=1S/C13H9NO5.C3H6/c15-10-6-5-9(13(18)19-10)14-11(16)7-3-1-2-4-8(7)12(14)17;1-3-2/h1-4,9H,5-6H2;3H,1H2,2H3/t9-;/m0./s1. The Morgan fingerprint density at radius 3 is 2.09 bits per heavy atom. The molecule has 0 unspecified atom stereocenters. The Morgan fingerprint density at radius 1 is 1.14 bits per heavy atom. The van der Waals surface area contributed by atoms with E-state index in [1.807, 2.05) is 6.92 Å². The number of carbonyl (C=O) groups is 4. The van der Waals surface area contributed by atoms with Gasteiger partial charge in [-0.3, -0.25) is 19.3 Å². The molecule has 22 heavy (non-hydrogen) atoms. The molecule has 1 saturated heterocycles. The number of esters is 2. The van der Waals surface area contributed by atoms with Crippen LogP contribution in [0.3, 0.4) is 0 Å². The van der Waals surface area contributed by atoms with E-state index in [9.17, 15) is 19.2 Å². The molecule has 1 fully saturated rings. The molecule has 114 valence electrons. The molecule has 0 N–H and O–H groups in total. The Balaban J connectivity index is 0.000000545. The number of amides is 2. The second-order valence-corrected chi connectivity index (χ2v) is 4.78. The maximum absolute atomic E-state index is 12.1. The lowest BCUT2D eigenvalue weighted by Crippen LogP contribution is -2.48. The van der Waals surface area contributed by atoms with Crippen LogP contribution in [-0.4, -0.2) is 34.7 Å². The summed E-state index contributed by atoms with van der Waals surface area (Å²) in [6.07, 6.45) is 1.88. The molecule has 1 atom stereocenters. The minimum atomic E-state index is -1.01. The van der Waals surface area contributed by atoms with Gasteiger partial charge in [-0.05, 0) is 25.5 Å². The summed E-state index contributed by atoms with van der Waals surface area (Å²) in [5, 5.41) is 0. The summed E-state index contributed by atoms with van der Waals surface area (Å²) >= 11 is 0. The van der Waals surface area contributed by atoms with Crippen LogP contribution < -0.4 is 0 Å². The van der Waals surface area contributed by atoms with Crippen LogP contribution in [0.2, 0.25) is 0 Å². The second kappa shape index (κ2) is 6.34. The molecule has 0 spiro atoms. The summed E-state index contributed by atoms with van der Waals surface area (Å²) in [5.41, 5.74) is 0.550. The lowest BCUT2D eigenvalue weighted by atomic mass is 10.1. The third kappa shape index (κ3) is 2.67. The summed E-state index contributed by atoms with van der Waals surface area (Å²) in [7, 11) is 0. The molecule has 0 saturated carbocycles. The van der Waals surface area contributed by atoms with Crippen molar-refractivity contribution >= 4 is 23.8 Å². The number of nitrogens with zero attached hydrogens (tertiary/aromatic N) is 1. The van der Waals surface area contributed by atoms with Crippen LogP contribution in [0.4, 0.5) is 0 Å². The minimum Gasteiger partial charge on any atom is -0.392 e. The topological polar surface area (TPSA) is 80.8 Å². The smallest absolute Gasteiger partial charge is 0.337 e. The van der Waals surface area contributed by atoms with E-state index < -0.39 is 29.8 Å². The summed E-state index contributed by atoms with van der Waals surface area (Å²) in [5.74, 6) is -2.50. The third-order valence-electron chi connectivity index (χ3n) is 3.25. The molecule has 2 aliphatic heterocycles. The van der Waals surface area contributed by atoms with E-state index in [1.165, 1.54) is 12.1 Å². The Morgan fingerprint density at radius 2 is 1.64 bits per heavy atom. The molecule has 6 heteroatoms. The first-order valence-corrected chi connectivity index (χ1v) is 6.79. The fourth-order valence-electron chi connectivity index (χ4n) is 2.33. The molecule has 2 heterocycles. The Labute approximate surface area is 127 Å². The molecule has 3 rings (SSSR count). The van der Waals surface area contributed by atoms with Gasteiger partial charge in [0.25, 0.3) is 11.8 Å². The normalized spacial score (nSPS) is 20.0. The zero-order valence-corrected chi connectivity index (χ0v) is 12.1. The van der Waals surface area contributed by atoms with Crippen LogP contribution in [0.15, 0.2) is 36.9 Å². The first kappa shape index (κ1) is 15.6. The van der Waals surface area contributed by atoms with Gasteiger partial charge in [0.05, 0.1) is 11.1 Å². The third-order valence-corrected chi connectivity index (χ3v) is 3.25. The zero-order valence-electron chi connectivity index (χ0n) is 12.1. The molecule has 0 aliphatic carbocycles. The van der Waals surface area contributed by atoms with Crippen molar-refractivity contribution in [2.24, 2.45) is 0 Å². The molecular formula is C16H15NO5. The van der Waals surface area contributed by atoms with Crippen LogP contribution in [0, 0.1) is 0 Å². The summed E-state index contributed by atoms with van der Waals surface area (Å²) in [4.78, 5) is 47.8. The number of rotatable bonds is 1. The number of hydrogen-bond acceptors (Lipinski definition) is 5. The van der Waals surface area contributed by atoms with E-state index in [-0.39, 0.29) is 24.0 Å². The Kier molecular flexibility index (Phi) is 4.50. The number of allylic oxidation sites excluding steroid dienone is 1. The van der Waals surface area contributed by atoms with Crippen LogP contribution in [0.25, 0.3) is 0 Å². The Bertz CT molecular complexity index is 629. The van der Waals surface area contributed by atoms with E-state index in [2.05, 4.69) is 11.3 Å². The number of ether oxygens (including phenoxy) is 1. The number of cyclic esters (lactones) is 2. The predicted octanol–water partition coefficient (Wildman–Crippen LogP) is 1.71. The van der Waals surface area contributed by atoms with Gasteiger partial charge in [-0.25, -0.2) is 4.79 Å². The van der Waals surface area contributed by atoms with Gasteiger partial charge in [0, 0.05) is 6.42 Å². The van der Waals surface area contributed by atoms with Gasteiger partial charge in [0.2, 0.25) is 0 Å². The van der Waals surface area contributed by atoms with E-state index in [0.717, 1.165) is 4.90 Å². The summed E-state index contributed by atoms with van der Waals surface area (Å²) in [6, 6.07) is 5.36. The first-order valence-electron chi connectivity index (χ1n) is 6.79. The van der Waals surface area contributed by atoms with Crippen molar-refractivity contribution in [2.45, 2.75) is 25.8 Å². The molecule has 6 nitrogen and oxygen atoms in total. The van der Waals surface area contributed by atoms with E-state index >= 15 is 0 Å². The fourth-order valence-corrected chi connectivity index (χ4v) is 2.33. The van der Waals surface area contributed by atoms with Gasteiger partial charge >= 0.3 is 11.9 Å². The highest BCUT2D eigenvalue weighted by molar-refractivity contribution is 6.23. The number of benzene rings is 1. The van der Waals surface area contributed by atoms with Crippen LogP contribution in [0.1, 0.15) is 40.5 Å². The zero-order chi connectivity index (χ0) is 16.3. The van der Waals surface area contributed by atoms with Gasteiger partial charge in [-0.15, -0.1) is 6.58 Å². The van der Waals surface area contributed by atoms with Gasteiger partial charge in [-0.1, -0.05) is 18.2 Å². The monoisotopic (exact) mass is 301 g/mol. The lowest BCUT2D eigenvalue weighted by molar-refractivity contribution is -0.167. The number of imide groups is 1. The summed E-state index contributed by atoms with van der Waals surface area (Å²) in [6.45, 7) is 5.25. The van der Waals surface area contributed by atoms with Crippen LogP contribution >= 0.6 is 0 Å². The molecule has 0 bridgehead atoms. The average Bonchev–Trinajstić information content (AvgIpc) is 2.73. The van der Waals surface area contributed by atoms with Gasteiger partial charge < -0.3 is 4.74 Å². The number of carbonyl (C=O) groups excluding carboxylic acids is 4. The van der Waals surface area contributed by atoms with Crippen LogP contribution in [-0.2, 0) is 14.3 Å². The quantitative estimate of drug-likeness (QED) is 0.341. The highest BCUT2D eigenvalue weighted by Crippen LogP contribution is 2.27. The number of fused-ring (bicyclic) bond motifs is 1. The van der Waals surface area contributed by atoms with Crippen molar-refractivity contribution in [2.75, 3.05) is 0 Å². The molecule has 1 aromatic carbocycles. The number of hydrogen-bond donors (Lipinski definition) is 0. The SMILES string of the molecule is C=CC.O=C1CC[C@H](N2C(=O)c3ccccc3C2=O)C(=O)O1. The fraction of sp³-hybridized carbons (Fsp3) is 0.250. The molecule has 2 amide bonds. The molecule has 2 aliphatic rings. The lowest BCUT2D eigenvalue weighted by Gasteiger charge is -2.26. The van der Waals surface area contributed by atoms with Crippen molar-refractivity contribution < 1.29 is 23.9 Å². The largest absolute Gasteiger partial charge is 0.392 e. The summed E-state index contributed by atoms with van der Waals surface area (Å²) < 4.78 is 4.48. The van der Waals surface area contributed by atoms with E-state index in [4.69, 9.17) is 0 Å². The van der Waals surface area contributed by atoms with Crippen molar-refractivity contribution in [3.8, 4) is 0 Å². The van der Waals surface area contributed by atoms with Crippen molar-refractivity contribution in [3.05, 3.63) is 48.0 Å². The molecular weight excluding hydrogens is 286 g/mol.